The van der Waals surface area contributed by atoms with Crippen LogP contribution >= 0.6 is 11.3 Å². The van der Waals surface area contributed by atoms with E-state index in [1.165, 1.54) is 18.4 Å². The van der Waals surface area contributed by atoms with Crippen LogP contribution in [0.15, 0.2) is 58.5 Å². The van der Waals surface area contributed by atoms with Crippen LogP contribution in [0.5, 0.6) is 0 Å². The second kappa shape index (κ2) is 6.15. The summed E-state index contributed by atoms with van der Waals surface area (Å²) in [6.07, 6.45) is 1.49. The normalized spacial score (nSPS) is 12.1. The maximum absolute atomic E-state index is 13.1. The van der Waals surface area contributed by atoms with Gasteiger partial charge in [0.05, 0.1) is 17.9 Å². The molecule has 0 aliphatic rings. The number of halogens is 1. The van der Waals surface area contributed by atoms with Gasteiger partial charge in [-0.3, -0.25) is 4.79 Å². The van der Waals surface area contributed by atoms with Crippen molar-refractivity contribution in [3.05, 3.63) is 81.7 Å². The molecular formula is C17H14FNO2S. The van der Waals surface area contributed by atoms with Gasteiger partial charge in [-0.25, -0.2) is 4.39 Å². The van der Waals surface area contributed by atoms with Crippen molar-refractivity contribution >= 4 is 17.2 Å². The molecule has 1 aromatic carbocycles. The van der Waals surface area contributed by atoms with Gasteiger partial charge >= 0.3 is 0 Å². The van der Waals surface area contributed by atoms with Crippen LogP contribution in [0.2, 0.25) is 0 Å². The maximum atomic E-state index is 13.1. The first-order valence-corrected chi connectivity index (χ1v) is 7.67. The van der Waals surface area contributed by atoms with Gasteiger partial charge in [0.25, 0.3) is 5.91 Å². The number of amides is 1. The summed E-state index contributed by atoms with van der Waals surface area (Å²) in [6.45, 7) is 1.74. The van der Waals surface area contributed by atoms with Gasteiger partial charge in [0.1, 0.15) is 11.6 Å². The van der Waals surface area contributed by atoms with E-state index in [1.54, 1.807) is 36.5 Å². The standard InChI is InChI=1S/C17H14FNO2S/c1-11-14(8-9-21-11)17(20)19-16(15-3-2-10-22-15)12-4-6-13(18)7-5-12/h2-10,16H,1H3,(H,19,20). The minimum atomic E-state index is -0.317. The van der Waals surface area contributed by atoms with Crippen LogP contribution in [0.25, 0.3) is 0 Å². The Balaban J connectivity index is 1.91. The first-order valence-electron chi connectivity index (χ1n) is 6.79. The predicted molar refractivity (Wildman–Crippen MR) is 83.5 cm³/mol. The van der Waals surface area contributed by atoms with E-state index < -0.39 is 0 Å². The summed E-state index contributed by atoms with van der Waals surface area (Å²) in [5, 5.41) is 4.93. The highest BCUT2D eigenvalue weighted by Crippen LogP contribution is 2.27. The smallest absolute Gasteiger partial charge is 0.255 e. The van der Waals surface area contributed by atoms with E-state index in [0.29, 0.717) is 11.3 Å². The molecule has 1 amide bonds. The second-order valence-corrected chi connectivity index (χ2v) is 5.84. The molecule has 0 spiro atoms. The largest absolute Gasteiger partial charge is 0.469 e. The Morgan fingerprint density at radius 2 is 2.00 bits per heavy atom. The van der Waals surface area contributed by atoms with Gasteiger partial charge in [0, 0.05) is 4.88 Å². The maximum Gasteiger partial charge on any atom is 0.255 e. The van der Waals surface area contributed by atoms with Gasteiger partial charge in [-0.2, -0.15) is 0 Å². The van der Waals surface area contributed by atoms with Crippen molar-refractivity contribution < 1.29 is 13.6 Å². The number of furan rings is 1. The third kappa shape index (κ3) is 2.94. The lowest BCUT2D eigenvalue weighted by Gasteiger charge is -2.18. The van der Waals surface area contributed by atoms with E-state index in [-0.39, 0.29) is 17.8 Å². The SMILES string of the molecule is Cc1occc1C(=O)NC(c1ccc(F)cc1)c1cccs1. The highest BCUT2D eigenvalue weighted by Gasteiger charge is 2.20. The highest BCUT2D eigenvalue weighted by molar-refractivity contribution is 7.10. The van der Waals surface area contributed by atoms with Gasteiger partial charge in [0.15, 0.2) is 0 Å². The predicted octanol–water partition coefficient (Wildman–Crippen LogP) is 4.31. The fourth-order valence-electron chi connectivity index (χ4n) is 2.26. The number of rotatable bonds is 4. The molecule has 3 rings (SSSR count). The summed E-state index contributed by atoms with van der Waals surface area (Å²) in [5.74, 6) is 0.0567. The Kier molecular flexibility index (Phi) is 4.06. The summed E-state index contributed by atoms with van der Waals surface area (Å²) < 4.78 is 18.3. The monoisotopic (exact) mass is 315 g/mol. The molecule has 2 aromatic heterocycles. The lowest BCUT2D eigenvalue weighted by Crippen LogP contribution is -2.29. The second-order valence-electron chi connectivity index (χ2n) is 4.86. The van der Waals surface area contributed by atoms with Crippen LogP contribution in [0, 0.1) is 12.7 Å². The molecule has 0 saturated carbocycles. The number of carbonyl (C=O) groups excluding carboxylic acids is 1. The summed E-state index contributed by atoms with van der Waals surface area (Å²) in [7, 11) is 0. The fourth-order valence-corrected chi connectivity index (χ4v) is 3.06. The van der Waals surface area contributed by atoms with Crippen LogP contribution in [0.1, 0.15) is 32.6 Å². The zero-order valence-corrected chi connectivity index (χ0v) is 12.7. The molecule has 0 fully saturated rings. The Bertz CT molecular complexity index is 762. The molecule has 2 heterocycles. The molecular weight excluding hydrogens is 301 g/mol. The molecule has 0 aliphatic heterocycles. The molecule has 1 N–H and O–H groups in total. The lowest BCUT2D eigenvalue weighted by atomic mass is 10.0. The van der Waals surface area contributed by atoms with Gasteiger partial charge in [-0.1, -0.05) is 18.2 Å². The first-order chi connectivity index (χ1) is 10.6. The molecule has 22 heavy (non-hydrogen) atoms. The minimum absolute atomic E-state index is 0.214. The summed E-state index contributed by atoms with van der Waals surface area (Å²) in [6, 6.07) is 11.3. The Morgan fingerprint density at radius 3 is 2.59 bits per heavy atom. The highest BCUT2D eigenvalue weighted by atomic mass is 32.1. The van der Waals surface area contributed by atoms with Crippen LogP contribution in [0.3, 0.4) is 0 Å². The number of hydrogen-bond donors (Lipinski definition) is 1. The zero-order valence-electron chi connectivity index (χ0n) is 11.9. The molecule has 3 nitrogen and oxygen atoms in total. The Labute approximate surface area is 131 Å². The zero-order chi connectivity index (χ0) is 15.5. The Hall–Kier alpha value is -2.40. The van der Waals surface area contributed by atoms with E-state index in [1.807, 2.05) is 17.5 Å². The quantitative estimate of drug-likeness (QED) is 0.779. The van der Waals surface area contributed by atoms with Crippen molar-refractivity contribution in [1.29, 1.82) is 0 Å². The summed E-state index contributed by atoms with van der Waals surface area (Å²) >= 11 is 1.54. The molecule has 0 bridgehead atoms. The van der Waals surface area contributed by atoms with Crippen LogP contribution in [-0.2, 0) is 0 Å². The van der Waals surface area contributed by atoms with Crippen molar-refractivity contribution in [3.63, 3.8) is 0 Å². The molecule has 0 radical (unpaired) electrons. The van der Waals surface area contributed by atoms with Crippen molar-refractivity contribution in [1.82, 2.24) is 5.32 Å². The van der Waals surface area contributed by atoms with E-state index in [4.69, 9.17) is 4.42 Å². The number of thiophene rings is 1. The average molecular weight is 315 g/mol. The molecule has 1 unspecified atom stereocenters. The first kappa shape index (κ1) is 14.5. The van der Waals surface area contributed by atoms with Gasteiger partial charge in [0.2, 0.25) is 0 Å². The van der Waals surface area contributed by atoms with Crippen molar-refractivity contribution in [2.45, 2.75) is 13.0 Å². The number of nitrogens with one attached hydrogen (secondary N) is 1. The third-order valence-corrected chi connectivity index (χ3v) is 4.35. The summed E-state index contributed by atoms with van der Waals surface area (Å²) in [5.41, 5.74) is 1.34. The van der Waals surface area contributed by atoms with E-state index in [2.05, 4.69) is 5.32 Å². The molecule has 0 aliphatic carbocycles. The topological polar surface area (TPSA) is 42.2 Å². The van der Waals surface area contributed by atoms with Crippen molar-refractivity contribution in [2.24, 2.45) is 0 Å². The number of aryl methyl sites for hydroxylation is 1. The Morgan fingerprint density at radius 1 is 1.23 bits per heavy atom. The number of benzene rings is 1. The molecule has 5 heteroatoms. The number of carbonyl (C=O) groups is 1. The van der Waals surface area contributed by atoms with Gasteiger partial charge in [-0.15, -0.1) is 11.3 Å². The van der Waals surface area contributed by atoms with E-state index >= 15 is 0 Å². The van der Waals surface area contributed by atoms with Gasteiger partial charge in [-0.05, 0) is 42.1 Å². The minimum Gasteiger partial charge on any atom is -0.469 e. The number of hydrogen-bond acceptors (Lipinski definition) is 3. The van der Waals surface area contributed by atoms with Crippen LogP contribution in [0.4, 0.5) is 4.39 Å². The van der Waals surface area contributed by atoms with Crippen LogP contribution in [-0.4, -0.2) is 5.91 Å². The fraction of sp³-hybridized carbons (Fsp3) is 0.118. The average Bonchev–Trinajstić information content (AvgIpc) is 3.17. The summed E-state index contributed by atoms with van der Waals surface area (Å²) in [4.78, 5) is 13.4. The van der Waals surface area contributed by atoms with Crippen LogP contribution < -0.4 is 5.32 Å². The molecule has 1 atom stereocenters. The molecule has 0 saturated heterocycles. The molecule has 112 valence electrons. The van der Waals surface area contributed by atoms with Crippen molar-refractivity contribution in [2.75, 3.05) is 0 Å². The van der Waals surface area contributed by atoms with Crippen molar-refractivity contribution in [3.8, 4) is 0 Å². The van der Waals surface area contributed by atoms with E-state index in [9.17, 15) is 9.18 Å². The molecule has 3 aromatic rings. The van der Waals surface area contributed by atoms with Gasteiger partial charge < -0.3 is 9.73 Å². The lowest BCUT2D eigenvalue weighted by molar-refractivity contribution is 0.0942. The van der Waals surface area contributed by atoms with E-state index in [0.717, 1.165) is 10.4 Å². The third-order valence-electron chi connectivity index (χ3n) is 3.41.